The van der Waals surface area contributed by atoms with Crippen LogP contribution in [0.4, 0.5) is 5.00 Å². The number of thiophene rings is 1. The number of hydrogen-bond donors (Lipinski definition) is 1. The van der Waals surface area contributed by atoms with E-state index < -0.39 is 16.8 Å². The van der Waals surface area contributed by atoms with Crippen molar-refractivity contribution in [3.05, 3.63) is 27.1 Å². The number of likely N-dealkylation sites (tertiary alicyclic amines) is 1. The number of carbonyl (C=O) groups is 2. The van der Waals surface area contributed by atoms with E-state index in [0.717, 1.165) is 11.3 Å². The van der Waals surface area contributed by atoms with Gasteiger partial charge in [0.2, 0.25) is 0 Å². The molecule has 7 nitrogen and oxygen atoms in total. The zero-order chi connectivity index (χ0) is 14.2. The minimum atomic E-state index is -0.917. The number of rotatable bonds is 3. The summed E-state index contributed by atoms with van der Waals surface area (Å²) in [5.74, 6) is -1.94. The van der Waals surface area contributed by atoms with Gasteiger partial charge in [-0.3, -0.25) is 19.7 Å². The van der Waals surface area contributed by atoms with Gasteiger partial charge in [-0.15, -0.1) is 0 Å². The number of carboxylic acids is 1. The fourth-order valence-electron chi connectivity index (χ4n) is 2.15. The van der Waals surface area contributed by atoms with E-state index in [-0.39, 0.29) is 28.2 Å². The van der Waals surface area contributed by atoms with Crippen LogP contribution in [0.25, 0.3) is 0 Å². The fourth-order valence-corrected chi connectivity index (χ4v) is 2.94. The molecule has 0 saturated carbocycles. The molecule has 1 N–H and O–H groups in total. The van der Waals surface area contributed by atoms with E-state index in [4.69, 9.17) is 5.11 Å². The normalized spacial score (nSPS) is 22.5. The minimum absolute atomic E-state index is 0.0922. The van der Waals surface area contributed by atoms with Crippen molar-refractivity contribution in [3.63, 3.8) is 0 Å². The Bertz CT molecular complexity index is 541. The van der Waals surface area contributed by atoms with E-state index in [1.165, 1.54) is 17.0 Å². The second kappa shape index (κ2) is 4.96. The number of amides is 1. The molecule has 8 heteroatoms. The maximum atomic E-state index is 12.1. The standard InChI is InChI=1S/C11H12N2O5S/c1-6-4-12(5-7(6)11(15)16)10(14)8-2-3-9(19-8)13(17)18/h2-3,6-7H,4-5H2,1H3,(H,15,16). The van der Waals surface area contributed by atoms with E-state index in [1.807, 2.05) is 0 Å². The van der Waals surface area contributed by atoms with E-state index >= 15 is 0 Å². The van der Waals surface area contributed by atoms with Gasteiger partial charge in [-0.1, -0.05) is 18.3 Å². The van der Waals surface area contributed by atoms with Gasteiger partial charge in [0.15, 0.2) is 0 Å². The molecule has 0 aromatic carbocycles. The highest BCUT2D eigenvalue weighted by atomic mass is 32.1. The lowest BCUT2D eigenvalue weighted by Crippen LogP contribution is -2.29. The van der Waals surface area contributed by atoms with Crippen molar-refractivity contribution in [2.45, 2.75) is 6.92 Å². The van der Waals surface area contributed by atoms with Gasteiger partial charge in [-0.25, -0.2) is 0 Å². The van der Waals surface area contributed by atoms with Gasteiger partial charge < -0.3 is 10.0 Å². The topological polar surface area (TPSA) is 101 Å². The Labute approximate surface area is 112 Å². The quantitative estimate of drug-likeness (QED) is 0.668. The summed E-state index contributed by atoms with van der Waals surface area (Å²) in [6, 6.07) is 2.69. The monoisotopic (exact) mass is 284 g/mol. The first kappa shape index (κ1) is 13.5. The smallest absolute Gasteiger partial charge is 0.324 e. The maximum absolute atomic E-state index is 12.1. The Hall–Kier alpha value is -1.96. The van der Waals surface area contributed by atoms with Crippen LogP contribution in [0.5, 0.6) is 0 Å². The molecule has 1 aliphatic heterocycles. The van der Waals surface area contributed by atoms with E-state index in [9.17, 15) is 19.7 Å². The van der Waals surface area contributed by atoms with Gasteiger partial charge in [-0.2, -0.15) is 0 Å². The van der Waals surface area contributed by atoms with Crippen molar-refractivity contribution in [3.8, 4) is 0 Å². The highest BCUT2D eigenvalue weighted by molar-refractivity contribution is 7.17. The van der Waals surface area contributed by atoms with Crippen LogP contribution < -0.4 is 0 Å². The number of hydrogen-bond acceptors (Lipinski definition) is 5. The van der Waals surface area contributed by atoms with Gasteiger partial charge in [0, 0.05) is 19.2 Å². The van der Waals surface area contributed by atoms with Crippen molar-refractivity contribution >= 4 is 28.2 Å². The lowest BCUT2D eigenvalue weighted by molar-refractivity contribution is -0.380. The Morgan fingerprint density at radius 3 is 2.63 bits per heavy atom. The van der Waals surface area contributed by atoms with Gasteiger partial charge in [0.05, 0.1) is 15.7 Å². The van der Waals surface area contributed by atoms with Crippen LogP contribution in [0.2, 0.25) is 0 Å². The predicted octanol–water partition coefficient (Wildman–Crippen LogP) is 1.45. The third-order valence-corrected chi connectivity index (χ3v) is 4.22. The molecule has 1 aliphatic rings. The lowest BCUT2D eigenvalue weighted by Gasteiger charge is -2.14. The van der Waals surface area contributed by atoms with Crippen LogP contribution in [0.15, 0.2) is 12.1 Å². The number of nitro groups is 1. The van der Waals surface area contributed by atoms with Crippen LogP contribution in [0.3, 0.4) is 0 Å². The molecule has 0 bridgehead atoms. The van der Waals surface area contributed by atoms with E-state index in [0.29, 0.717) is 6.54 Å². The Kier molecular flexibility index (Phi) is 3.52. The number of carbonyl (C=O) groups excluding carboxylic acids is 1. The van der Waals surface area contributed by atoms with Gasteiger partial charge in [0.1, 0.15) is 0 Å². The van der Waals surface area contributed by atoms with Crippen LogP contribution in [-0.4, -0.2) is 39.9 Å². The lowest BCUT2D eigenvalue weighted by atomic mass is 9.99. The molecular weight excluding hydrogens is 272 g/mol. The summed E-state index contributed by atoms with van der Waals surface area (Å²) in [7, 11) is 0. The third-order valence-electron chi connectivity index (χ3n) is 3.20. The molecule has 1 aromatic rings. The average Bonchev–Trinajstić information content (AvgIpc) is 2.94. The van der Waals surface area contributed by atoms with Crippen molar-refractivity contribution in [1.29, 1.82) is 0 Å². The summed E-state index contributed by atoms with van der Waals surface area (Å²) in [6.45, 7) is 2.30. The van der Waals surface area contributed by atoms with Gasteiger partial charge >= 0.3 is 11.0 Å². The molecule has 0 radical (unpaired) electrons. The van der Waals surface area contributed by atoms with Crippen molar-refractivity contribution < 1.29 is 19.6 Å². The first-order valence-corrected chi connectivity index (χ1v) is 6.48. The molecule has 102 valence electrons. The van der Waals surface area contributed by atoms with Crippen LogP contribution >= 0.6 is 11.3 Å². The second-order valence-electron chi connectivity index (χ2n) is 4.53. The third kappa shape index (κ3) is 2.58. The van der Waals surface area contributed by atoms with Gasteiger partial charge in [-0.05, 0) is 12.0 Å². The summed E-state index contributed by atoms with van der Waals surface area (Å²) >= 11 is 0.809. The highest BCUT2D eigenvalue weighted by Gasteiger charge is 2.37. The molecule has 2 atom stereocenters. The van der Waals surface area contributed by atoms with E-state index in [2.05, 4.69) is 0 Å². The van der Waals surface area contributed by atoms with Gasteiger partial charge in [0.25, 0.3) is 5.91 Å². The summed E-state index contributed by atoms with van der Waals surface area (Å²) in [4.78, 5) is 34.8. The van der Waals surface area contributed by atoms with Crippen LogP contribution in [0, 0.1) is 22.0 Å². The minimum Gasteiger partial charge on any atom is -0.481 e. The molecule has 2 heterocycles. The van der Waals surface area contributed by atoms with E-state index in [1.54, 1.807) is 6.92 Å². The fraction of sp³-hybridized carbons (Fsp3) is 0.455. The molecular formula is C11H12N2O5S. The maximum Gasteiger partial charge on any atom is 0.324 e. The molecule has 2 rings (SSSR count). The SMILES string of the molecule is CC1CN(C(=O)c2ccc([N+](=O)[O-])s2)CC1C(=O)O. The van der Waals surface area contributed by atoms with Crippen molar-refractivity contribution in [1.82, 2.24) is 4.90 Å². The predicted molar refractivity (Wildman–Crippen MR) is 67.2 cm³/mol. The Morgan fingerprint density at radius 2 is 2.16 bits per heavy atom. The molecule has 1 saturated heterocycles. The summed E-state index contributed by atoms with van der Waals surface area (Å²) < 4.78 is 0. The zero-order valence-electron chi connectivity index (χ0n) is 10.1. The molecule has 0 aliphatic carbocycles. The molecule has 2 unspecified atom stereocenters. The molecule has 0 spiro atoms. The summed E-state index contributed by atoms with van der Waals surface area (Å²) in [5.41, 5.74) is 0. The highest BCUT2D eigenvalue weighted by Crippen LogP contribution is 2.29. The number of carboxylic acid groups (broad SMARTS) is 1. The Balaban J connectivity index is 2.12. The average molecular weight is 284 g/mol. The zero-order valence-corrected chi connectivity index (χ0v) is 10.9. The molecule has 1 aromatic heterocycles. The van der Waals surface area contributed by atoms with Crippen molar-refractivity contribution in [2.75, 3.05) is 13.1 Å². The number of aliphatic carboxylic acids is 1. The molecule has 1 amide bonds. The second-order valence-corrected chi connectivity index (χ2v) is 5.59. The first-order chi connectivity index (χ1) is 8.90. The summed E-state index contributed by atoms with van der Waals surface area (Å²) in [5, 5.41) is 19.5. The van der Waals surface area contributed by atoms with Crippen molar-refractivity contribution in [2.24, 2.45) is 11.8 Å². The van der Waals surface area contributed by atoms with Crippen LogP contribution in [0.1, 0.15) is 16.6 Å². The summed E-state index contributed by atoms with van der Waals surface area (Å²) in [6.07, 6.45) is 0. The van der Waals surface area contributed by atoms with Crippen LogP contribution in [-0.2, 0) is 4.79 Å². The first-order valence-electron chi connectivity index (χ1n) is 5.66. The molecule has 1 fully saturated rings. The number of nitrogens with zero attached hydrogens (tertiary/aromatic N) is 2. The Morgan fingerprint density at radius 1 is 1.47 bits per heavy atom. The largest absolute Gasteiger partial charge is 0.481 e. The molecule has 19 heavy (non-hydrogen) atoms.